The number of nitrogens with two attached hydrogens (primary N) is 1. The molecule has 0 unspecified atom stereocenters. The zero-order valence-corrected chi connectivity index (χ0v) is 9.90. The van der Waals surface area contributed by atoms with E-state index in [4.69, 9.17) is 5.73 Å². The van der Waals surface area contributed by atoms with Gasteiger partial charge in [0.15, 0.2) is 0 Å². The lowest BCUT2D eigenvalue weighted by Gasteiger charge is -2.20. The van der Waals surface area contributed by atoms with E-state index in [2.05, 4.69) is 10.3 Å². The Morgan fingerprint density at radius 2 is 2.25 bits per heavy atom. The zero-order valence-electron chi connectivity index (χ0n) is 9.90. The Balaban J connectivity index is 2.48. The lowest BCUT2D eigenvalue weighted by molar-refractivity contribution is -0.117. The van der Waals surface area contributed by atoms with Gasteiger partial charge in [0.2, 0.25) is 5.91 Å². The molecule has 0 aromatic carbocycles. The molecule has 0 spiro atoms. The second-order valence-corrected chi connectivity index (χ2v) is 4.03. The molecule has 88 valence electrons. The highest BCUT2D eigenvalue weighted by Crippen LogP contribution is 2.06. The minimum atomic E-state index is -0.0530. The molecular formula is C11H18N4O. The van der Waals surface area contributed by atoms with Crippen LogP contribution < -0.4 is 11.1 Å². The van der Waals surface area contributed by atoms with Crippen molar-refractivity contribution < 1.29 is 4.79 Å². The van der Waals surface area contributed by atoms with Gasteiger partial charge < -0.3 is 11.1 Å². The van der Waals surface area contributed by atoms with Crippen molar-refractivity contribution in [1.82, 2.24) is 9.88 Å². The van der Waals surface area contributed by atoms with E-state index in [-0.39, 0.29) is 5.91 Å². The van der Waals surface area contributed by atoms with Crippen molar-refractivity contribution in [1.29, 1.82) is 0 Å². The van der Waals surface area contributed by atoms with Gasteiger partial charge in [-0.2, -0.15) is 0 Å². The molecule has 0 saturated heterocycles. The second-order valence-electron chi connectivity index (χ2n) is 4.03. The Hall–Kier alpha value is -1.62. The second kappa shape index (κ2) is 5.46. The zero-order chi connectivity index (χ0) is 12.1. The number of amides is 1. The Morgan fingerprint density at radius 3 is 2.75 bits per heavy atom. The normalized spacial score (nSPS) is 10.8. The van der Waals surface area contributed by atoms with Crippen LogP contribution in [-0.2, 0) is 4.79 Å². The minimum absolute atomic E-state index is 0.0530. The number of nitrogens with zero attached hydrogens (tertiary/aromatic N) is 2. The van der Waals surface area contributed by atoms with E-state index in [1.54, 1.807) is 18.3 Å². The molecule has 0 atom stereocenters. The minimum Gasteiger partial charge on any atom is -0.384 e. The molecule has 0 bridgehead atoms. The van der Waals surface area contributed by atoms with Crippen LogP contribution in [0.15, 0.2) is 18.3 Å². The van der Waals surface area contributed by atoms with Crippen LogP contribution in [0, 0.1) is 0 Å². The van der Waals surface area contributed by atoms with Crippen molar-refractivity contribution in [2.75, 3.05) is 24.6 Å². The Kier molecular flexibility index (Phi) is 4.25. The first-order valence-electron chi connectivity index (χ1n) is 5.20. The lowest BCUT2D eigenvalue weighted by atomic mass is 10.3. The molecule has 5 nitrogen and oxygen atoms in total. The van der Waals surface area contributed by atoms with E-state index >= 15 is 0 Å². The maximum atomic E-state index is 11.6. The number of hydrogen-bond acceptors (Lipinski definition) is 4. The summed E-state index contributed by atoms with van der Waals surface area (Å²) >= 11 is 0. The lowest BCUT2D eigenvalue weighted by Crippen LogP contribution is -2.34. The molecule has 3 N–H and O–H groups in total. The van der Waals surface area contributed by atoms with Gasteiger partial charge in [-0.1, -0.05) is 0 Å². The van der Waals surface area contributed by atoms with Gasteiger partial charge in [-0.15, -0.1) is 0 Å². The van der Waals surface area contributed by atoms with E-state index in [0.717, 1.165) is 0 Å². The van der Waals surface area contributed by atoms with Crippen molar-refractivity contribution >= 4 is 17.4 Å². The summed E-state index contributed by atoms with van der Waals surface area (Å²) in [5.41, 5.74) is 6.11. The van der Waals surface area contributed by atoms with Crippen LogP contribution in [0.2, 0.25) is 0 Å². The van der Waals surface area contributed by atoms with Crippen LogP contribution in [0.3, 0.4) is 0 Å². The molecule has 1 rings (SSSR count). The summed E-state index contributed by atoms with van der Waals surface area (Å²) in [6.45, 7) is 4.44. The number of aromatic nitrogens is 1. The van der Waals surface area contributed by atoms with Crippen LogP contribution >= 0.6 is 0 Å². The fourth-order valence-electron chi connectivity index (χ4n) is 1.09. The highest BCUT2D eigenvalue weighted by atomic mass is 16.2. The molecule has 1 amide bonds. The first-order chi connectivity index (χ1) is 7.49. The maximum absolute atomic E-state index is 11.6. The van der Waals surface area contributed by atoms with E-state index in [0.29, 0.717) is 24.1 Å². The first-order valence-corrected chi connectivity index (χ1v) is 5.20. The molecule has 1 aromatic heterocycles. The summed E-state index contributed by atoms with van der Waals surface area (Å²) in [4.78, 5) is 17.5. The topological polar surface area (TPSA) is 71.2 Å². The van der Waals surface area contributed by atoms with E-state index < -0.39 is 0 Å². The third-order valence-corrected chi connectivity index (χ3v) is 2.34. The van der Waals surface area contributed by atoms with Crippen molar-refractivity contribution in [3.8, 4) is 0 Å². The number of rotatable bonds is 4. The predicted octanol–water partition coefficient (Wildman–Crippen LogP) is 0.943. The molecule has 1 heterocycles. The number of carbonyl (C=O) groups is 1. The van der Waals surface area contributed by atoms with Crippen molar-refractivity contribution in [2.45, 2.75) is 19.9 Å². The number of hydrogen-bond donors (Lipinski definition) is 2. The summed E-state index contributed by atoms with van der Waals surface area (Å²) in [5.74, 6) is 0.389. The van der Waals surface area contributed by atoms with Crippen LogP contribution in [0.4, 0.5) is 11.5 Å². The van der Waals surface area contributed by atoms with Crippen LogP contribution in [0.5, 0.6) is 0 Å². The molecule has 5 heteroatoms. The molecule has 0 fully saturated rings. The highest BCUT2D eigenvalue weighted by molar-refractivity contribution is 5.92. The fraction of sp³-hybridized carbons (Fsp3) is 0.455. The molecule has 0 aliphatic heterocycles. The molecule has 0 aliphatic carbocycles. The SMILES string of the molecule is CC(C)N(C)CC(=O)Nc1ccc(N)nc1. The van der Waals surface area contributed by atoms with Gasteiger partial charge in [-0.3, -0.25) is 9.69 Å². The highest BCUT2D eigenvalue weighted by Gasteiger charge is 2.09. The molecule has 0 saturated carbocycles. The van der Waals surface area contributed by atoms with E-state index in [1.165, 1.54) is 0 Å². The van der Waals surface area contributed by atoms with Gasteiger partial charge in [0, 0.05) is 6.04 Å². The van der Waals surface area contributed by atoms with Crippen molar-refractivity contribution in [2.24, 2.45) is 0 Å². The van der Waals surface area contributed by atoms with Gasteiger partial charge in [-0.05, 0) is 33.0 Å². The molecule has 0 radical (unpaired) electrons. The largest absolute Gasteiger partial charge is 0.384 e. The van der Waals surface area contributed by atoms with Crippen LogP contribution in [0.1, 0.15) is 13.8 Å². The third-order valence-electron chi connectivity index (χ3n) is 2.34. The van der Waals surface area contributed by atoms with Gasteiger partial charge in [0.25, 0.3) is 0 Å². The van der Waals surface area contributed by atoms with Gasteiger partial charge in [0.05, 0.1) is 18.4 Å². The maximum Gasteiger partial charge on any atom is 0.238 e. The van der Waals surface area contributed by atoms with Crippen molar-refractivity contribution in [3.63, 3.8) is 0 Å². The molecular weight excluding hydrogens is 204 g/mol. The van der Waals surface area contributed by atoms with Crippen LogP contribution in [0.25, 0.3) is 0 Å². The average Bonchev–Trinajstić information content (AvgIpc) is 2.21. The van der Waals surface area contributed by atoms with E-state index in [1.807, 2.05) is 25.8 Å². The number of nitrogen functional groups attached to an aromatic ring is 1. The van der Waals surface area contributed by atoms with Crippen molar-refractivity contribution in [3.05, 3.63) is 18.3 Å². The van der Waals surface area contributed by atoms with Gasteiger partial charge in [0.1, 0.15) is 5.82 Å². The van der Waals surface area contributed by atoms with Crippen LogP contribution in [-0.4, -0.2) is 35.4 Å². The number of likely N-dealkylation sites (N-methyl/N-ethyl adjacent to an activating group) is 1. The van der Waals surface area contributed by atoms with Gasteiger partial charge in [-0.25, -0.2) is 4.98 Å². The number of pyridine rings is 1. The quantitative estimate of drug-likeness (QED) is 0.795. The van der Waals surface area contributed by atoms with Gasteiger partial charge >= 0.3 is 0 Å². The fourth-order valence-corrected chi connectivity index (χ4v) is 1.09. The Labute approximate surface area is 95.7 Å². The standard InChI is InChI=1S/C11H18N4O/c1-8(2)15(3)7-11(16)14-9-4-5-10(12)13-6-9/h4-6,8H,7H2,1-3H3,(H2,12,13)(H,14,16). The summed E-state index contributed by atoms with van der Waals surface area (Å²) in [7, 11) is 1.91. The Bertz CT molecular complexity index is 348. The summed E-state index contributed by atoms with van der Waals surface area (Å²) in [5, 5.41) is 2.76. The molecule has 1 aromatic rings. The first kappa shape index (κ1) is 12.4. The number of carbonyl (C=O) groups excluding carboxylic acids is 1. The summed E-state index contributed by atoms with van der Waals surface area (Å²) in [6.07, 6.45) is 1.54. The smallest absolute Gasteiger partial charge is 0.238 e. The Morgan fingerprint density at radius 1 is 1.56 bits per heavy atom. The number of nitrogens with one attached hydrogen (secondary N) is 1. The summed E-state index contributed by atoms with van der Waals surface area (Å²) < 4.78 is 0. The van der Waals surface area contributed by atoms with E-state index in [9.17, 15) is 4.79 Å². The monoisotopic (exact) mass is 222 g/mol. The average molecular weight is 222 g/mol. The third kappa shape index (κ3) is 3.86. The molecule has 0 aliphatic rings. The summed E-state index contributed by atoms with van der Waals surface area (Å²) in [6, 6.07) is 3.73. The predicted molar refractivity (Wildman–Crippen MR) is 65.0 cm³/mol. The molecule has 16 heavy (non-hydrogen) atoms. The number of anilines is 2.